The largest absolute Gasteiger partial charge is 0.469 e. The van der Waals surface area contributed by atoms with Crippen LogP contribution in [0.5, 0.6) is 0 Å². The fourth-order valence-corrected chi connectivity index (χ4v) is 3.52. The van der Waals surface area contributed by atoms with E-state index in [2.05, 4.69) is 21.4 Å². The summed E-state index contributed by atoms with van der Waals surface area (Å²) in [6.07, 6.45) is 3.01. The molecule has 0 saturated heterocycles. The van der Waals surface area contributed by atoms with Gasteiger partial charge in [0.05, 0.1) is 17.8 Å². The number of esters is 1. The number of hydrogen-bond acceptors (Lipinski definition) is 6. The number of benzene rings is 1. The van der Waals surface area contributed by atoms with Gasteiger partial charge in [-0.25, -0.2) is 0 Å². The Hall–Kier alpha value is -2.04. The first-order valence-electron chi connectivity index (χ1n) is 7.69. The van der Waals surface area contributed by atoms with E-state index in [1.807, 2.05) is 24.3 Å². The molecule has 1 aromatic carbocycles. The van der Waals surface area contributed by atoms with Crippen molar-refractivity contribution in [3.05, 3.63) is 34.9 Å². The lowest BCUT2D eigenvalue weighted by Gasteiger charge is -2.09. The Labute approximate surface area is 151 Å². The maximum absolute atomic E-state index is 11.0. The van der Waals surface area contributed by atoms with Gasteiger partial charge in [0.25, 0.3) is 0 Å². The van der Waals surface area contributed by atoms with Gasteiger partial charge in [-0.2, -0.15) is 5.26 Å². The molecule has 24 heavy (non-hydrogen) atoms. The topological polar surface area (TPSA) is 74.1 Å². The Balaban J connectivity index is 1.80. The standard InChI is InChI=1S/C17H19N3O2S2/c1-22-15(21)9-3-2-6-10-19-16(23)12(11-18)17-20-13-7-4-5-8-14(13)24-17/h4-5,7-8,20H,2-3,6,9-10H2,1H3,(H,19,23). The van der Waals surface area contributed by atoms with Gasteiger partial charge in [-0.1, -0.05) is 42.5 Å². The zero-order valence-corrected chi connectivity index (χ0v) is 15.1. The molecule has 0 saturated carbocycles. The number of thioether (sulfide) groups is 1. The molecule has 5 nitrogen and oxygen atoms in total. The van der Waals surface area contributed by atoms with E-state index >= 15 is 0 Å². The van der Waals surface area contributed by atoms with Crippen molar-refractivity contribution in [3.63, 3.8) is 0 Å². The summed E-state index contributed by atoms with van der Waals surface area (Å²) in [4.78, 5) is 12.6. The molecule has 126 valence electrons. The van der Waals surface area contributed by atoms with Crippen molar-refractivity contribution in [1.29, 1.82) is 5.26 Å². The predicted octanol–water partition coefficient (Wildman–Crippen LogP) is 3.59. The van der Waals surface area contributed by atoms with Crippen molar-refractivity contribution in [2.75, 3.05) is 19.0 Å². The summed E-state index contributed by atoms with van der Waals surface area (Å²) in [6, 6.07) is 10.1. The molecule has 0 aliphatic carbocycles. The van der Waals surface area contributed by atoms with Gasteiger partial charge < -0.3 is 15.4 Å². The fourth-order valence-electron chi connectivity index (χ4n) is 2.20. The molecule has 0 spiro atoms. The van der Waals surface area contributed by atoms with Gasteiger partial charge in [-0.3, -0.25) is 4.79 Å². The first-order chi connectivity index (χ1) is 11.7. The second-order valence-corrected chi connectivity index (χ2v) is 6.64. The highest BCUT2D eigenvalue weighted by Gasteiger charge is 2.20. The molecule has 1 heterocycles. The van der Waals surface area contributed by atoms with E-state index in [4.69, 9.17) is 12.2 Å². The molecule has 0 fully saturated rings. The van der Waals surface area contributed by atoms with E-state index in [1.165, 1.54) is 18.9 Å². The van der Waals surface area contributed by atoms with Crippen LogP contribution in [0.2, 0.25) is 0 Å². The maximum Gasteiger partial charge on any atom is 0.305 e. The third-order valence-electron chi connectivity index (χ3n) is 3.48. The normalized spacial score (nSPS) is 14.2. The van der Waals surface area contributed by atoms with E-state index in [0.717, 1.165) is 34.9 Å². The number of anilines is 1. The SMILES string of the molecule is COC(=O)CCCCCNC(=S)C(C#N)=C1Nc2ccccc2S1. The molecule has 0 bridgehead atoms. The zero-order valence-electron chi connectivity index (χ0n) is 13.4. The van der Waals surface area contributed by atoms with Gasteiger partial charge in [0.2, 0.25) is 0 Å². The smallest absolute Gasteiger partial charge is 0.305 e. The van der Waals surface area contributed by atoms with Crippen molar-refractivity contribution in [2.24, 2.45) is 0 Å². The maximum atomic E-state index is 11.0. The Morgan fingerprint density at radius 1 is 1.38 bits per heavy atom. The highest BCUT2D eigenvalue weighted by molar-refractivity contribution is 8.03. The average molecular weight is 361 g/mol. The van der Waals surface area contributed by atoms with Crippen LogP contribution in [0.15, 0.2) is 39.8 Å². The number of unbranched alkanes of at least 4 members (excludes halogenated alkanes) is 2. The summed E-state index contributed by atoms with van der Waals surface area (Å²) in [5, 5.41) is 16.5. The Morgan fingerprint density at radius 2 is 2.17 bits per heavy atom. The molecule has 0 unspecified atom stereocenters. The van der Waals surface area contributed by atoms with Crippen molar-refractivity contribution in [2.45, 2.75) is 30.6 Å². The van der Waals surface area contributed by atoms with Gasteiger partial charge >= 0.3 is 5.97 Å². The summed E-state index contributed by atoms with van der Waals surface area (Å²) in [7, 11) is 1.40. The molecular formula is C17H19N3O2S2. The molecule has 0 atom stereocenters. The average Bonchev–Trinajstić information content (AvgIpc) is 3.01. The number of thiocarbonyl (C=S) groups is 1. The summed E-state index contributed by atoms with van der Waals surface area (Å²) in [6.45, 7) is 0.677. The first kappa shape index (κ1) is 18.3. The van der Waals surface area contributed by atoms with E-state index in [1.54, 1.807) is 0 Å². The van der Waals surface area contributed by atoms with Crippen LogP contribution in [0, 0.1) is 11.3 Å². The summed E-state index contributed by atoms with van der Waals surface area (Å²) in [5.41, 5.74) is 1.46. The number of rotatable bonds is 7. The van der Waals surface area contributed by atoms with E-state index in [0.29, 0.717) is 23.5 Å². The lowest BCUT2D eigenvalue weighted by Crippen LogP contribution is -2.25. The van der Waals surface area contributed by atoms with Crippen LogP contribution in [0.3, 0.4) is 0 Å². The summed E-state index contributed by atoms with van der Waals surface area (Å²) >= 11 is 6.86. The van der Waals surface area contributed by atoms with Gasteiger partial charge in [-0.05, 0) is 25.0 Å². The van der Waals surface area contributed by atoms with Gasteiger partial charge in [0.15, 0.2) is 0 Å². The number of para-hydroxylation sites is 1. The second kappa shape index (κ2) is 9.30. The number of methoxy groups -OCH3 is 1. The number of carbonyl (C=O) groups excluding carboxylic acids is 1. The van der Waals surface area contributed by atoms with Crippen LogP contribution >= 0.6 is 24.0 Å². The molecular weight excluding hydrogens is 342 g/mol. The van der Waals surface area contributed by atoms with Crippen molar-refractivity contribution < 1.29 is 9.53 Å². The molecule has 1 aromatic rings. The molecule has 0 aromatic heterocycles. The van der Waals surface area contributed by atoms with Gasteiger partial charge in [-0.15, -0.1) is 0 Å². The number of ether oxygens (including phenoxy) is 1. The minimum atomic E-state index is -0.182. The molecule has 7 heteroatoms. The Kier molecular flexibility index (Phi) is 7.09. The van der Waals surface area contributed by atoms with Crippen LogP contribution in [-0.2, 0) is 9.53 Å². The Morgan fingerprint density at radius 3 is 2.88 bits per heavy atom. The quantitative estimate of drug-likeness (QED) is 0.253. The summed E-state index contributed by atoms with van der Waals surface area (Å²) < 4.78 is 4.60. The van der Waals surface area contributed by atoms with Crippen molar-refractivity contribution in [1.82, 2.24) is 5.32 Å². The van der Waals surface area contributed by atoms with Crippen LogP contribution in [0.1, 0.15) is 25.7 Å². The Bertz CT molecular complexity index is 668. The number of hydrogen-bond donors (Lipinski definition) is 2. The van der Waals surface area contributed by atoms with Crippen LogP contribution < -0.4 is 10.6 Å². The highest BCUT2D eigenvalue weighted by atomic mass is 32.2. The lowest BCUT2D eigenvalue weighted by molar-refractivity contribution is -0.140. The second-order valence-electron chi connectivity index (χ2n) is 5.18. The van der Waals surface area contributed by atoms with Crippen molar-refractivity contribution in [3.8, 4) is 6.07 Å². The molecule has 0 amide bonds. The van der Waals surface area contributed by atoms with E-state index in [-0.39, 0.29) is 5.97 Å². The van der Waals surface area contributed by atoms with Crippen LogP contribution in [0.25, 0.3) is 0 Å². The zero-order chi connectivity index (χ0) is 17.4. The highest BCUT2D eigenvalue weighted by Crippen LogP contribution is 2.41. The van der Waals surface area contributed by atoms with E-state index in [9.17, 15) is 10.1 Å². The van der Waals surface area contributed by atoms with Crippen LogP contribution in [-0.4, -0.2) is 24.6 Å². The van der Waals surface area contributed by atoms with E-state index < -0.39 is 0 Å². The molecule has 0 radical (unpaired) electrons. The number of carbonyl (C=O) groups is 1. The monoisotopic (exact) mass is 361 g/mol. The molecule has 1 aliphatic heterocycles. The van der Waals surface area contributed by atoms with Crippen LogP contribution in [0.4, 0.5) is 5.69 Å². The predicted molar refractivity (Wildman–Crippen MR) is 99.6 cm³/mol. The minimum Gasteiger partial charge on any atom is -0.469 e. The molecule has 1 aliphatic rings. The summed E-state index contributed by atoms with van der Waals surface area (Å²) in [5.74, 6) is -0.182. The number of nitrogens with zero attached hydrogens (tertiary/aromatic N) is 1. The minimum absolute atomic E-state index is 0.182. The lowest BCUT2D eigenvalue weighted by atomic mass is 10.2. The number of nitriles is 1. The number of nitrogens with one attached hydrogen (secondary N) is 2. The van der Waals surface area contributed by atoms with Gasteiger partial charge in [0.1, 0.15) is 16.6 Å². The first-order valence-corrected chi connectivity index (χ1v) is 8.91. The van der Waals surface area contributed by atoms with Gasteiger partial charge in [0, 0.05) is 17.9 Å². The third-order valence-corrected chi connectivity index (χ3v) is 4.92. The van der Waals surface area contributed by atoms with Crippen molar-refractivity contribution >= 4 is 40.6 Å². The number of fused-ring (bicyclic) bond motifs is 1. The fraction of sp³-hybridized carbons (Fsp3) is 0.353. The molecule has 2 N–H and O–H groups in total. The molecule has 2 rings (SSSR count). The third kappa shape index (κ3) is 4.98.